The normalized spacial score (nSPS) is 10.3. The average molecular weight is 394 g/mol. The summed E-state index contributed by atoms with van der Waals surface area (Å²) in [6.07, 6.45) is 0. The first-order valence-electron chi connectivity index (χ1n) is 8.49. The number of carbonyl (C=O) groups is 1. The predicted octanol–water partition coefficient (Wildman–Crippen LogP) is 3.87. The Labute approximate surface area is 166 Å². The van der Waals surface area contributed by atoms with E-state index in [-0.39, 0.29) is 18.3 Å². The highest BCUT2D eigenvalue weighted by atomic mass is 32.2. The van der Waals surface area contributed by atoms with Gasteiger partial charge in [-0.1, -0.05) is 17.8 Å². The summed E-state index contributed by atoms with van der Waals surface area (Å²) in [5, 5.41) is 19.7. The van der Waals surface area contributed by atoms with Crippen LogP contribution in [0.15, 0.2) is 52.1 Å². The molecule has 0 unspecified atom stereocenters. The van der Waals surface area contributed by atoms with Crippen LogP contribution < -0.4 is 10.1 Å². The second-order valence-electron chi connectivity index (χ2n) is 6.02. The highest BCUT2D eigenvalue weighted by Gasteiger charge is 2.11. The topological polar surface area (TPSA) is 101 Å². The highest BCUT2D eigenvalue weighted by Crippen LogP contribution is 2.20. The van der Waals surface area contributed by atoms with Crippen LogP contribution in [0.4, 0.5) is 5.69 Å². The van der Waals surface area contributed by atoms with Gasteiger partial charge in [-0.05, 0) is 61.4 Å². The van der Waals surface area contributed by atoms with E-state index in [1.54, 1.807) is 24.3 Å². The third-order valence-electron chi connectivity index (χ3n) is 3.91. The zero-order chi connectivity index (χ0) is 19.9. The molecule has 0 aliphatic rings. The fraction of sp³-hybridized carbons (Fsp3) is 0.200. The molecule has 1 aromatic heterocycles. The van der Waals surface area contributed by atoms with Crippen LogP contribution in [0.1, 0.15) is 22.6 Å². The number of hydrogen-bond donors (Lipinski definition) is 1. The van der Waals surface area contributed by atoms with Crippen molar-refractivity contribution in [3.8, 4) is 11.8 Å². The van der Waals surface area contributed by atoms with Gasteiger partial charge < -0.3 is 14.5 Å². The molecule has 7 nitrogen and oxygen atoms in total. The van der Waals surface area contributed by atoms with Gasteiger partial charge in [0.2, 0.25) is 5.91 Å². The lowest BCUT2D eigenvalue weighted by Crippen LogP contribution is -2.13. The number of benzene rings is 2. The Kier molecular flexibility index (Phi) is 6.29. The monoisotopic (exact) mass is 394 g/mol. The van der Waals surface area contributed by atoms with Gasteiger partial charge in [-0.3, -0.25) is 4.79 Å². The maximum atomic E-state index is 12.0. The lowest BCUT2D eigenvalue weighted by molar-refractivity contribution is -0.113. The molecule has 1 amide bonds. The van der Waals surface area contributed by atoms with Crippen LogP contribution in [-0.2, 0) is 11.4 Å². The van der Waals surface area contributed by atoms with Crippen molar-refractivity contribution in [2.24, 2.45) is 0 Å². The maximum absolute atomic E-state index is 12.0. The second-order valence-corrected chi connectivity index (χ2v) is 6.95. The first-order chi connectivity index (χ1) is 13.5. The molecule has 0 atom stereocenters. The van der Waals surface area contributed by atoms with Gasteiger partial charge in [0.1, 0.15) is 5.75 Å². The molecule has 142 valence electrons. The van der Waals surface area contributed by atoms with Gasteiger partial charge in [0.05, 0.1) is 17.4 Å². The predicted molar refractivity (Wildman–Crippen MR) is 105 cm³/mol. The Hall–Kier alpha value is -3.31. The number of hydrogen-bond acceptors (Lipinski definition) is 7. The maximum Gasteiger partial charge on any atom is 0.277 e. The zero-order valence-corrected chi connectivity index (χ0v) is 16.2. The third kappa shape index (κ3) is 5.34. The van der Waals surface area contributed by atoms with Gasteiger partial charge in [-0.25, -0.2) is 0 Å². The number of ether oxygens (including phenoxy) is 1. The van der Waals surface area contributed by atoms with Gasteiger partial charge in [0.15, 0.2) is 6.61 Å². The summed E-state index contributed by atoms with van der Waals surface area (Å²) in [5.74, 6) is 0.992. The summed E-state index contributed by atoms with van der Waals surface area (Å²) < 4.78 is 11.1. The van der Waals surface area contributed by atoms with Crippen molar-refractivity contribution in [3.63, 3.8) is 0 Å². The van der Waals surface area contributed by atoms with E-state index in [0.29, 0.717) is 22.4 Å². The lowest BCUT2D eigenvalue weighted by atomic mass is 10.1. The number of nitriles is 1. The molecule has 1 heterocycles. The van der Waals surface area contributed by atoms with Gasteiger partial charge in [0.25, 0.3) is 11.1 Å². The highest BCUT2D eigenvalue weighted by molar-refractivity contribution is 7.99. The number of aryl methyl sites for hydroxylation is 2. The van der Waals surface area contributed by atoms with Crippen LogP contribution in [0.3, 0.4) is 0 Å². The molecule has 0 spiro atoms. The number of rotatable bonds is 7. The van der Waals surface area contributed by atoms with Gasteiger partial charge in [-0.2, -0.15) is 5.26 Å². The molecule has 28 heavy (non-hydrogen) atoms. The van der Waals surface area contributed by atoms with Gasteiger partial charge in [-0.15, -0.1) is 10.2 Å². The number of amides is 1. The van der Waals surface area contributed by atoms with Crippen molar-refractivity contribution in [3.05, 3.63) is 65.0 Å². The van der Waals surface area contributed by atoms with Crippen molar-refractivity contribution in [1.29, 1.82) is 5.26 Å². The Balaban J connectivity index is 1.46. The summed E-state index contributed by atoms with van der Waals surface area (Å²) in [6.45, 7) is 4.22. The Morgan fingerprint density at radius 2 is 1.96 bits per heavy atom. The fourth-order valence-corrected chi connectivity index (χ4v) is 2.84. The Bertz CT molecular complexity index is 1010. The first kappa shape index (κ1) is 19.5. The average Bonchev–Trinajstić information content (AvgIpc) is 3.16. The lowest BCUT2D eigenvalue weighted by Gasteiger charge is -2.06. The summed E-state index contributed by atoms with van der Waals surface area (Å²) in [7, 11) is 0. The molecule has 3 rings (SSSR count). The van der Waals surface area contributed by atoms with Crippen LogP contribution >= 0.6 is 11.8 Å². The standard InChI is InChI=1S/C20H18N4O3S/c1-13-3-8-17(9-14(13)2)26-11-19-23-24-20(27-19)28-12-18(25)22-16-6-4-15(10-21)5-7-16/h3-9H,11-12H2,1-2H3,(H,22,25). The molecule has 3 aromatic rings. The van der Waals surface area contributed by atoms with Crippen molar-refractivity contribution < 1.29 is 13.9 Å². The molecule has 0 bridgehead atoms. The summed E-state index contributed by atoms with van der Waals surface area (Å²) in [6, 6.07) is 14.5. The van der Waals surface area contributed by atoms with Gasteiger partial charge >= 0.3 is 0 Å². The molecular weight excluding hydrogens is 376 g/mol. The van der Waals surface area contributed by atoms with E-state index in [0.717, 1.165) is 23.1 Å². The number of nitrogens with zero attached hydrogens (tertiary/aromatic N) is 3. The van der Waals surface area contributed by atoms with E-state index in [1.807, 2.05) is 38.1 Å². The minimum atomic E-state index is -0.208. The Morgan fingerprint density at radius 1 is 1.18 bits per heavy atom. The van der Waals surface area contributed by atoms with Crippen molar-refractivity contribution in [1.82, 2.24) is 10.2 Å². The van der Waals surface area contributed by atoms with Crippen LogP contribution in [0.2, 0.25) is 0 Å². The smallest absolute Gasteiger partial charge is 0.277 e. The van der Waals surface area contributed by atoms with Crippen molar-refractivity contribution in [2.45, 2.75) is 25.7 Å². The molecule has 1 N–H and O–H groups in total. The van der Waals surface area contributed by atoms with E-state index < -0.39 is 0 Å². The minimum Gasteiger partial charge on any atom is -0.484 e. The summed E-state index contributed by atoms with van der Waals surface area (Å²) in [4.78, 5) is 12.0. The quantitative estimate of drug-likeness (QED) is 0.607. The van der Waals surface area contributed by atoms with Crippen LogP contribution in [-0.4, -0.2) is 21.9 Å². The Morgan fingerprint density at radius 3 is 2.68 bits per heavy atom. The van der Waals surface area contributed by atoms with E-state index in [9.17, 15) is 4.79 Å². The molecule has 8 heteroatoms. The molecule has 0 saturated heterocycles. The van der Waals surface area contributed by atoms with Crippen molar-refractivity contribution in [2.75, 3.05) is 11.1 Å². The van der Waals surface area contributed by atoms with E-state index >= 15 is 0 Å². The number of carbonyl (C=O) groups excluding carboxylic acids is 1. The van der Waals surface area contributed by atoms with Gasteiger partial charge in [0, 0.05) is 5.69 Å². The molecule has 2 aromatic carbocycles. The second kappa shape index (κ2) is 9.06. The van der Waals surface area contributed by atoms with Crippen molar-refractivity contribution >= 4 is 23.4 Å². The molecule has 0 aliphatic heterocycles. The third-order valence-corrected chi connectivity index (χ3v) is 4.73. The number of nitrogens with one attached hydrogen (secondary N) is 1. The minimum absolute atomic E-state index is 0.125. The summed E-state index contributed by atoms with van der Waals surface area (Å²) >= 11 is 1.14. The zero-order valence-electron chi connectivity index (χ0n) is 15.4. The largest absolute Gasteiger partial charge is 0.484 e. The molecular formula is C20H18N4O3S. The van der Waals surface area contributed by atoms with Crippen LogP contribution in [0.5, 0.6) is 5.75 Å². The van der Waals surface area contributed by atoms with Crippen LogP contribution in [0.25, 0.3) is 0 Å². The summed E-state index contributed by atoms with van der Waals surface area (Å²) in [5.41, 5.74) is 3.50. The molecule has 0 aliphatic carbocycles. The first-order valence-corrected chi connectivity index (χ1v) is 9.47. The van der Waals surface area contributed by atoms with E-state index in [2.05, 4.69) is 15.5 Å². The van der Waals surface area contributed by atoms with E-state index in [4.69, 9.17) is 14.4 Å². The van der Waals surface area contributed by atoms with E-state index in [1.165, 1.54) is 5.56 Å². The molecule has 0 radical (unpaired) electrons. The number of anilines is 1. The number of thioether (sulfide) groups is 1. The van der Waals surface area contributed by atoms with Crippen LogP contribution in [0, 0.1) is 25.2 Å². The SMILES string of the molecule is Cc1ccc(OCc2nnc(SCC(=O)Nc3ccc(C#N)cc3)o2)cc1C. The number of aromatic nitrogens is 2. The molecule has 0 saturated carbocycles. The fourth-order valence-electron chi connectivity index (χ4n) is 2.26. The molecule has 0 fully saturated rings.